The Morgan fingerprint density at radius 2 is 0.595 bits per heavy atom. The average molecular weight is 1160 g/mol. The summed E-state index contributed by atoms with van der Waals surface area (Å²) in [6.45, 7) is 9.76. The molecule has 4 aromatic heterocycles. The Morgan fingerprint density at radius 1 is 0.321 bits per heavy atom. The molecule has 0 amide bonds. The molecule has 0 aliphatic carbocycles. The maximum atomic E-state index is 15.9. The van der Waals surface area contributed by atoms with E-state index in [0.717, 1.165) is 98.3 Å². The van der Waals surface area contributed by atoms with Crippen molar-refractivity contribution < 1.29 is 0 Å². The van der Waals surface area contributed by atoms with Gasteiger partial charge < -0.3 is 15.0 Å². The molecule has 4 heterocycles. The highest BCUT2D eigenvalue weighted by Gasteiger charge is 2.30. The molecule has 0 aliphatic heterocycles. The van der Waals surface area contributed by atoms with E-state index in [0.29, 0.717) is 66.7 Å². The number of para-hydroxylation sites is 3. The molecule has 0 spiro atoms. The highest BCUT2D eigenvalue weighted by molar-refractivity contribution is 7.25. The molecule has 0 fully saturated rings. The predicted octanol–water partition coefficient (Wildman–Crippen LogP) is 21.8. The van der Waals surface area contributed by atoms with Gasteiger partial charge in [0, 0.05) is 23.9 Å². The fraction of sp³-hybridized carbons (Fsp3) is 0.649. The third kappa shape index (κ3) is 17.2. The molecular formula is C74H109N5O4S. The smallest absolute Gasteiger partial charge is 0.263 e. The van der Waals surface area contributed by atoms with Crippen LogP contribution in [-0.4, -0.2) is 24.1 Å². The number of pyridine rings is 2. The van der Waals surface area contributed by atoms with Crippen molar-refractivity contribution in [3.05, 3.63) is 89.9 Å². The molecule has 2 atom stereocenters. The van der Waals surface area contributed by atoms with Crippen LogP contribution < -0.4 is 22.2 Å². The first-order valence-electron chi connectivity index (χ1n) is 34.9. The maximum Gasteiger partial charge on any atom is 0.263 e. The summed E-state index contributed by atoms with van der Waals surface area (Å²) in [6.07, 6.45) is 48.8. The third-order valence-electron chi connectivity index (χ3n) is 19.1. The van der Waals surface area contributed by atoms with Gasteiger partial charge in [-0.25, -0.2) is 0 Å². The van der Waals surface area contributed by atoms with Crippen molar-refractivity contribution in [1.29, 1.82) is 0 Å². The number of aromatic amines is 3. The van der Waals surface area contributed by atoms with Gasteiger partial charge in [0.2, 0.25) is 0 Å². The number of unbranched alkanes of at least 4 members (excludes halogenated alkanes) is 32. The van der Waals surface area contributed by atoms with Gasteiger partial charge in [0.25, 0.3) is 22.2 Å². The van der Waals surface area contributed by atoms with Crippen LogP contribution in [0.25, 0.3) is 74.8 Å². The number of hydrogen-bond acceptors (Lipinski definition) is 5. The van der Waals surface area contributed by atoms with E-state index in [1.807, 2.05) is 42.5 Å². The van der Waals surface area contributed by atoms with Gasteiger partial charge in [0.1, 0.15) is 0 Å². The summed E-state index contributed by atoms with van der Waals surface area (Å²) in [4.78, 5) is 74.8. The van der Waals surface area contributed by atoms with Gasteiger partial charge in [0.05, 0.1) is 64.0 Å². The minimum atomic E-state index is -0.355. The number of fused-ring (bicyclic) bond motifs is 8. The minimum absolute atomic E-state index is 0.152. The monoisotopic (exact) mass is 1160 g/mol. The zero-order valence-corrected chi connectivity index (χ0v) is 53.7. The molecule has 2 unspecified atom stereocenters. The van der Waals surface area contributed by atoms with Crippen LogP contribution in [0.1, 0.15) is 285 Å². The first-order chi connectivity index (χ1) is 41.3. The molecule has 8 rings (SSSR count). The van der Waals surface area contributed by atoms with Crippen molar-refractivity contribution in [3.63, 3.8) is 0 Å². The number of hydrogen-bond donors (Lipinski definition) is 3. The first-order valence-corrected chi connectivity index (χ1v) is 35.8. The summed E-state index contributed by atoms with van der Waals surface area (Å²) < 4.78 is 4.73. The maximum absolute atomic E-state index is 15.9. The summed E-state index contributed by atoms with van der Waals surface area (Å²) in [5.41, 5.74) is 2.65. The lowest BCUT2D eigenvalue weighted by Crippen LogP contribution is -2.38. The van der Waals surface area contributed by atoms with E-state index in [2.05, 4.69) is 48.7 Å². The number of aromatic nitrogens is 5. The Morgan fingerprint density at radius 3 is 0.952 bits per heavy atom. The molecule has 10 heteroatoms. The van der Waals surface area contributed by atoms with Crippen LogP contribution in [-0.2, 0) is 13.1 Å². The van der Waals surface area contributed by atoms with Crippen molar-refractivity contribution >= 4 is 86.2 Å². The molecule has 0 bridgehead atoms. The lowest BCUT2D eigenvalue weighted by molar-refractivity contribution is 0.350. The lowest BCUT2D eigenvalue weighted by atomic mass is 9.91. The highest BCUT2D eigenvalue weighted by Crippen LogP contribution is 2.42. The second kappa shape index (κ2) is 35.0. The summed E-state index contributed by atoms with van der Waals surface area (Å²) in [7, 11) is 0. The average Bonchev–Trinajstić information content (AvgIpc) is 0.721. The van der Waals surface area contributed by atoms with Crippen LogP contribution in [0.5, 0.6) is 0 Å². The Labute approximate surface area is 507 Å². The number of nitrogens with one attached hydrogen (secondary N) is 3. The zero-order valence-electron chi connectivity index (χ0n) is 52.9. The normalized spacial score (nSPS) is 13.0. The van der Waals surface area contributed by atoms with Gasteiger partial charge in [-0.1, -0.05) is 283 Å². The topological polar surface area (TPSA) is 126 Å². The van der Waals surface area contributed by atoms with Crippen molar-refractivity contribution in [2.75, 3.05) is 0 Å². The molecule has 0 saturated heterocycles. The van der Waals surface area contributed by atoms with Gasteiger partial charge in [0.15, 0.2) is 0 Å². The van der Waals surface area contributed by atoms with Crippen LogP contribution in [0.15, 0.2) is 67.7 Å². The van der Waals surface area contributed by atoms with E-state index in [9.17, 15) is 0 Å². The molecule has 84 heavy (non-hydrogen) atoms. The Balaban J connectivity index is 1.23. The molecule has 0 saturated carbocycles. The largest absolute Gasteiger partial charge is 0.353 e. The van der Waals surface area contributed by atoms with Gasteiger partial charge in [-0.15, -0.1) is 11.3 Å². The number of rotatable bonds is 44. The molecule has 3 N–H and O–H groups in total. The molecule has 9 nitrogen and oxygen atoms in total. The third-order valence-corrected chi connectivity index (χ3v) is 20.3. The van der Waals surface area contributed by atoms with Crippen molar-refractivity contribution in [2.24, 2.45) is 11.8 Å². The van der Waals surface area contributed by atoms with Crippen molar-refractivity contribution in [1.82, 2.24) is 24.1 Å². The van der Waals surface area contributed by atoms with Crippen LogP contribution in [0.4, 0.5) is 0 Å². The Bertz CT molecular complexity index is 3110. The number of H-pyrrole nitrogens is 3. The van der Waals surface area contributed by atoms with Crippen molar-refractivity contribution in [3.8, 4) is 0 Å². The van der Waals surface area contributed by atoms with E-state index in [-0.39, 0.29) is 34.1 Å². The Hall–Kier alpha value is -4.96. The SMILES string of the molecule is CCCCCCCCCCCCC(CCCCCCCCCC)Cn1c(=O)c2c3[nH]c4ccccc4[nH]c3c3c(=O)n(CC(CCCCCCCCCC)CCCCCCCCCCCC)c(=O)c4c5sc6ccccc6[nH]c5c(c1=O)c2c34. The zero-order chi connectivity index (χ0) is 58.9. The fourth-order valence-corrected chi connectivity index (χ4v) is 15.3. The van der Waals surface area contributed by atoms with E-state index in [1.54, 1.807) is 9.13 Å². The molecule has 460 valence electrons. The molecule has 0 aliphatic rings. The first kappa shape index (κ1) is 65.0. The second-order valence-corrected chi connectivity index (χ2v) is 26.9. The minimum Gasteiger partial charge on any atom is -0.353 e. The molecule has 4 aromatic carbocycles. The van der Waals surface area contributed by atoms with E-state index < -0.39 is 0 Å². The molecule has 8 aromatic rings. The fourth-order valence-electron chi connectivity index (χ4n) is 14.1. The summed E-state index contributed by atoms with van der Waals surface area (Å²) in [5.74, 6) is 0.307. The number of benzene rings is 4. The Kier molecular flexibility index (Phi) is 27.1. The van der Waals surface area contributed by atoms with Crippen LogP contribution in [0.3, 0.4) is 0 Å². The summed E-state index contributed by atoms with van der Waals surface area (Å²) in [6, 6.07) is 16.0. The van der Waals surface area contributed by atoms with E-state index in [1.165, 1.54) is 191 Å². The van der Waals surface area contributed by atoms with Gasteiger partial charge >= 0.3 is 0 Å². The van der Waals surface area contributed by atoms with E-state index in [4.69, 9.17) is 0 Å². The standard InChI is InChI=1S/C74H109N5O4S/c1-5-9-13-17-21-25-27-31-35-39-46-55(45-37-33-29-23-19-15-11-7-3)53-78-71(80)63-61-62-64(68-67(63)75-57-49-41-42-50-58(57)76-68)72(81)79(74(83)66(62)70-69(65(61)73(78)82)77-59-51-43-44-52-60(59)84-70)54-56(47-38-34-30-24-20-16-12-8-4)48-40-36-32-28-26-22-18-14-10-6-2/h41-44,49-52,55-56,75-77H,5-40,45-48,53-54H2,1-4H3. The van der Waals surface area contributed by atoms with Gasteiger partial charge in [-0.3, -0.25) is 28.3 Å². The lowest BCUT2D eigenvalue weighted by Gasteiger charge is -2.23. The quantitative estimate of drug-likeness (QED) is 0.0200. The molecular weight excluding hydrogens is 1050 g/mol. The van der Waals surface area contributed by atoms with E-state index >= 15 is 19.2 Å². The number of nitrogens with zero attached hydrogens (tertiary/aromatic N) is 2. The molecule has 0 radical (unpaired) electrons. The van der Waals surface area contributed by atoms with Crippen LogP contribution >= 0.6 is 11.3 Å². The predicted molar refractivity (Wildman–Crippen MR) is 365 cm³/mol. The summed E-state index contributed by atoms with van der Waals surface area (Å²) in [5, 5.41) is 2.39. The van der Waals surface area contributed by atoms with Crippen LogP contribution in [0, 0.1) is 11.8 Å². The second-order valence-electron chi connectivity index (χ2n) is 25.9. The van der Waals surface area contributed by atoms with Gasteiger partial charge in [-0.05, 0) is 61.8 Å². The van der Waals surface area contributed by atoms with Crippen molar-refractivity contribution in [2.45, 2.75) is 298 Å². The van der Waals surface area contributed by atoms with Crippen LogP contribution in [0.2, 0.25) is 0 Å². The van der Waals surface area contributed by atoms with Gasteiger partial charge in [-0.2, -0.15) is 0 Å². The summed E-state index contributed by atoms with van der Waals surface area (Å²) >= 11 is 1.51. The highest BCUT2D eigenvalue weighted by atomic mass is 32.1.